The summed E-state index contributed by atoms with van der Waals surface area (Å²) in [7, 11) is 0. The van der Waals surface area contributed by atoms with Gasteiger partial charge in [0.2, 0.25) is 5.91 Å². The lowest BCUT2D eigenvalue weighted by Gasteiger charge is -2.13. The maximum Gasteiger partial charge on any atom is 0.253 e. The van der Waals surface area contributed by atoms with Gasteiger partial charge in [0.05, 0.1) is 304 Å². The average Bonchev–Trinajstić information content (AvgIpc) is 4.10. The lowest BCUT2D eigenvalue weighted by Crippen LogP contribution is -2.35. The van der Waals surface area contributed by atoms with Crippen molar-refractivity contribution < 1.29 is 123 Å². The highest BCUT2D eigenvalue weighted by Crippen LogP contribution is 2.04. The number of nitrogens with one attached hydrogen (secondary N) is 1. The van der Waals surface area contributed by atoms with E-state index in [0.717, 1.165) is 4.90 Å². The van der Waals surface area contributed by atoms with Crippen LogP contribution in [-0.2, 0) is 123 Å². The Labute approximate surface area is 497 Å². The van der Waals surface area contributed by atoms with E-state index in [2.05, 4.69) is 5.32 Å². The first kappa shape index (κ1) is 79.4. The smallest absolute Gasteiger partial charge is 0.253 e. The number of rotatable bonds is 74. The van der Waals surface area contributed by atoms with Crippen LogP contribution in [0.4, 0.5) is 0 Å². The Morgan fingerprint density at radius 1 is 0.274 bits per heavy atom. The highest BCUT2D eigenvalue weighted by atomic mass is 16.6. The second kappa shape index (κ2) is 69.5. The molecule has 0 radical (unpaired) electrons. The van der Waals surface area contributed by atoms with Gasteiger partial charge in [-0.2, -0.15) is 0 Å². The van der Waals surface area contributed by atoms with Gasteiger partial charge in [0, 0.05) is 38.2 Å². The molecule has 0 saturated carbocycles. The van der Waals surface area contributed by atoms with Crippen LogP contribution in [0.15, 0.2) is 12.2 Å². The Balaban J connectivity index is 1.59. The molecule has 0 aromatic heterocycles. The van der Waals surface area contributed by atoms with Gasteiger partial charge in [-0.05, 0) is 0 Å². The van der Waals surface area contributed by atoms with Crippen LogP contribution in [0.3, 0.4) is 0 Å². The number of amides is 3. The molecule has 0 aromatic rings. The van der Waals surface area contributed by atoms with Gasteiger partial charge in [0.1, 0.15) is 0 Å². The van der Waals surface area contributed by atoms with Crippen molar-refractivity contribution in [3.8, 4) is 0 Å². The van der Waals surface area contributed by atoms with E-state index in [1.165, 1.54) is 12.2 Å². The van der Waals surface area contributed by atoms with Crippen molar-refractivity contribution in [1.29, 1.82) is 0 Å². The molecule has 1 aliphatic rings. The Bertz CT molecular complexity index is 1390. The van der Waals surface area contributed by atoms with Gasteiger partial charge in [0.25, 0.3) is 11.8 Å². The predicted molar refractivity (Wildman–Crippen MR) is 301 cm³/mol. The topological polar surface area (TPSA) is 305 Å². The molecule has 0 atom stereocenters. The molecule has 1 aliphatic heterocycles. The normalized spacial score (nSPS) is 12.5. The molecule has 0 unspecified atom stereocenters. The number of ether oxygens (including phenoxy) is 23. The summed E-state index contributed by atoms with van der Waals surface area (Å²) in [5.74, 6) is -1.06. The van der Waals surface area contributed by atoms with Crippen molar-refractivity contribution >= 4 is 17.7 Å². The fraction of sp³-hybridized carbons (Fsp3) is 0.909. The van der Waals surface area contributed by atoms with Crippen LogP contribution in [0.5, 0.6) is 0 Å². The standard InChI is InChI=1S/C55H105N3O26/c56-4-7-62-9-11-64-13-15-66-17-19-68-21-23-70-25-27-72-29-31-74-33-35-76-37-39-78-41-43-80-45-47-82-49-51-84-52-50-83-48-46-81-44-42-79-40-38-77-36-34-75-32-30-73-28-26-71-24-22-69-20-18-67-16-14-65-12-10-63-8-5-57-53(59)3-6-58-54(60)1-2-55(58)61/h1-2H,3-52,56H2,(H,57,59). The van der Waals surface area contributed by atoms with E-state index in [4.69, 9.17) is 115 Å². The number of nitrogens with two attached hydrogens (primary N) is 1. The lowest BCUT2D eigenvalue weighted by molar-refractivity contribution is -0.137. The zero-order valence-corrected chi connectivity index (χ0v) is 50.1. The highest BCUT2D eigenvalue weighted by molar-refractivity contribution is 6.13. The minimum atomic E-state index is -0.402. The van der Waals surface area contributed by atoms with E-state index < -0.39 is 11.8 Å². The van der Waals surface area contributed by atoms with Gasteiger partial charge >= 0.3 is 0 Å². The summed E-state index contributed by atoms with van der Waals surface area (Å²) in [6, 6.07) is 0. The molecule has 1 rings (SSSR count). The number of imide groups is 1. The van der Waals surface area contributed by atoms with Crippen LogP contribution in [0.25, 0.3) is 0 Å². The zero-order valence-electron chi connectivity index (χ0n) is 50.1. The Morgan fingerprint density at radius 3 is 0.595 bits per heavy atom. The van der Waals surface area contributed by atoms with E-state index in [0.29, 0.717) is 317 Å². The summed E-state index contributed by atoms with van der Waals surface area (Å²) in [5, 5.41) is 2.68. The fourth-order valence-corrected chi connectivity index (χ4v) is 6.24. The minimum Gasteiger partial charge on any atom is -0.378 e. The van der Waals surface area contributed by atoms with E-state index in [1.54, 1.807) is 0 Å². The molecule has 3 N–H and O–H groups in total. The molecule has 0 bridgehead atoms. The van der Waals surface area contributed by atoms with E-state index in [1.807, 2.05) is 0 Å². The van der Waals surface area contributed by atoms with E-state index >= 15 is 0 Å². The second-order valence-electron chi connectivity index (χ2n) is 17.1. The largest absolute Gasteiger partial charge is 0.378 e. The molecule has 3 amide bonds. The summed E-state index contributed by atoms with van der Waals surface area (Å²) >= 11 is 0. The fourth-order valence-electron chi connectivity index (χ4n) is 6.24. The first-order valence-electron chi connectivity index (χ1n) is 29.4. The summed E-state index contributed by atoms with van der Waals surface area (Å²) in [6.07, 6.45) is 2.43. The monoisotopic (exact) mass is 1220 g/mol. The van der Waals surface area contributed by atoms with Crippen molar-refractivity contribution in [2.75, 3.05) is 324 Å². The van der Waals surface area contributed by atoms with Crippen LogP contribution >= 0.6 is 0 Å². The van der Waals surface area contributed by atoms with Crippen molar-refractivity contribution in [1.82, 2.24) is 10.2 Å². The number of carbonyl (C=O) groups excluding carboxylic acids is 3. The molecule has 29 nitrogen and oxygen atoms in total. The Morgan fingerprint density at radius 2 is 0.429 bits per heavy atom. The number of carbonyl (C=O) groups is 3. The molecule has 84 heavy (non-hydrogen) atoms. The molecular weight excluding hydrogens is 1120 g/mol. The summed E-state index contributed by atoms with van der Waals surface area (Å²) in [6.45, 7) is 22.7. The molecule has 1 heterocycles. The highest BCUT2D eigenvalue weighted by Gasteiger charge is 2.23. The van der Waals surface area contributed by atoms with Crippen LogP contribution in [0.2, 0.25) is 0 Å². The summed E-state index contributed by atoms with van der Waals surface area (Å²) < 4.78 is 126. The molecule has 496 valence electrons. The Hall–Kier alpha value is -2.61. The third kappa shape index (κ3) is 62.4. The lowest BCUT2D eigenvalue weighted by atomic mass is 10.3. The van der Waals surface area contributed by atoms with Gasteiger partial charge in [-0.1, -0.05) is 0 Å². The SMILES string of the molecule is NCCOCCOCCOCCOCCOCCOCCOCCOCCOCCOCCOCCOCCOCCOCCOCCOCCOCCOCCOCCOCCOCCOCCOCCNC(=O)CCN1C(=O)C=CC1=O. The molecule has 0 fully saturated rings. The second-order valence-corrected chi connectivity index (χ2v) is 17.1. The van der Waals surface area contributed by atoms with E-state index in [-0.39, 0.29) is 18.9 Å². The maximum absolute atomic E-state index is 11.8. The van der Waals surface area contributed by atoms with Crippen LogP contribution in [-0.4, -0.2) is 346 Å². The molecule has 29 heteroatoms. The number of hydrogen-bond donors (Lipinski definition) is 2. The molecule has 0 aliphatic carbocycles. The van der Waals surface area contributed by atoms with Crippen molar-refractivity contribution in [3.05, 3.63) is 12.2 Å². The quantitative estimate of drug-likeness (QED) is 0.0532. The van der Waals surface area contributed by atoms with Gasteiger partial charge in [-0.15, -0.1) is 0 Å². The van der Waals surface area contributed by atoms with Crippen molar-refractivity contribution in [2.45, 2.75) is 6.42 Å². The average molecular weight is 1220 g/mol. The van der Waals surface area contributed by atoms with Crippen LogP contribution in [0.1, 0.15) is 6.42 Å². The molecule has 0 aromatic carbocycles. The Kier molecular flexibility index (Phi) is 65.7. The maximum atomic E-state index is 11.8. The summed E-state index contributed by atoms with van der Waals surface area (Å²) in [4.78, 5) is 35.8. The van der Waals surface area contributed by atoms with Crippen LogP contribution < -0.4 is 11.1 Å². The van der Waals surface area contributed by atoms with Gasteiger partial charge in [0.15, 0.2) is 0 Å². The first-order valence-corrected chi connectivity index (χ1v) is 29.4. The third-order valence-electron chi connectivity index (χ3n) is 10.5. The molecular formula is C55H105N3O26. The van der Waals surface area contributed by atoms with Crippen molar-refractivity contribution in [2.24, 2.45) is 5.73 Å². The van der Waals surface area contributed by atoms with Gasteiger partial charge < -0.3 is 120 Å². The first-order chi connectivity index (χ1) is 41.6. The number of hydrogen-bond acceptors (Lipinski definition) is 27. The molecule has 0 saturated heterocycles. The van der Waals surface area contributed by atoms with Gasteiger partial charge in [-0.25, -0.2) is 0 Å². The number of nitrogens with zero attached hydrogens (tertiary/aromatic N) is 1. The third-order valence-corrected chi connectivity index (χ3v) is 10.5. The zero-order chi connectivity index (χ0) is 60.0. The van der Waals surface area contributed by atoms with E-state index in [9.17, 15) is 14.4 Å². The van der Waals surface area contributed by atoms with Crippen LogP contribution in [0, 0.1) is 0 Å². The predicted octanol–water partition coefficient (Wildman–Crippen LogP) is -1.24. The summed E-state index contributed by atoms with van der Waals surface area (Å²) in [5.41, 5.74) is 5.35. The van der Waals surface area contributed by atoms with Gasteiger partial charge in [-0.3, -0.25) is 19.3 Å². The molecule has 0 spiro atoms. The van der Waals surface area contributed by atoms with Crippen molar-refractivity contribution in [3.63, 3.8) is 0 Å². The minimum absolute atomic E-state index is 0.0450.